The Bertz CT molecular complexity index is 433. The van der Waals surface area contributed by atoms with Crippen molar-refractivity contribution in [3.8, 4) is 0 Å². The van der Waals surface area contributed by atoms with E-state index in [0.29, 0.717) is 12.1 Å². The van der Waals surface area contributed by atoms with E-state index in [4.69, 9.17) is 0 Å². The van der Waals surface area contributed by atoms with E-state index in [0.717, 1.165) is 0 Å². The van der Waals surface area contributed by atoms with E-state index in [9.17, 15) is 32.1 Å². The average Bonchev–Trinajstić information content (AvgIpc) is 2.63. The second-order valence-electron chi connectivity index (χ2n) is 3.03. The highest BCUT2D eigenvalue weighted by Crippen LogP contribution is 2.43. The summed E-state index contributed by atoms with van der Waals surface area (Å²) in [5.41, 5.74) is 4.69. The molecule has 1 aromatic rings. The van der Waals surface area contributed by atoms with Crippen LogP contribution in [-0.2, 0) is 0 Å². The minimum atomic E-state index is -5.87. The van der Waals surface area contributed by atoms with E-state index in [1.165, 1.54) is 0 Å². The zero-order valence-electron chi connectivity index (χ0n) is 8.28. The molecule has 1 aromatic heterocycles. The molecule has 0 radical (unpaired) electrons. The lowest BCUT2D eigenvalue weighted by atomic mass is 10.1. The van der Waals surface area contributed by atoms with E-state index in [-0.39, 0.29) is 12.4 Å². The molecule has 1 rings (SSSR count). The Morgan fingerprint density at radius 3 is 2.11 bits per heavy atom. The van der Waals surface area contributed by atoms with Gasteiger partial charge in [0.15, 0.2) is 0 Å². The SMILES string of the molecule is Cl.N[C@H](c1ccc([N+](=O)[O-])o1)C(F)(F)C(F)(F)F. The number of nitro groups is 1. The minimum absolute atomic E-state index is 0. The Kier molecular flexibility index (Phi) is 4.66. The average molecular weight is 297 g/mol. The third-order valence-corrected chi connectivity index (χ3v) is 1.87. The van der Waals surface area contributed by atoms with Crippen LogP contribution in [0.4, 0.5) is 27.8 Å². The van der Waals surface area contributed by atoms with Gasteiger partial charge in [0.1, 0.15) is 16.7 Å². The smallest absolute Gasteiger partial charge is 0.404 e. The highest BCUT2D eigenvalue weighted by Gasteiger charge is 2.62. The third kappa shape index (κ3) is 2.88. The Hall–Kier alpha value is -1.42. The topological polar surface area (TPSA) is 82.3 Å². The van der Waals surface area contributed by atoms with Gasteiger partial charge in [-0.15, -0.1) is 12.4 Å². The maximum atomic E-state index is 12.7. The highest BCUT2D eigenvalue weighted by atomic mass is 35.5. The predicted molar refractivity (Wildman–Crippen MR) is 50.5 cm³/mol. The summed E-state index contributed by atoms with van der Waals surface area (Å²) in [6, 6.07) is -1.60. The lowest BCUT2D eigenvalue weighted by molar-refractivity contribution is -0.402. The summed E-state index contributed by atoms with van der Waals surface area (Å²) < 4.78 is 65.5. The maximum Gasteiger partial charge on any atom is 0.455 e. The van der Waals surface area contributed by atoms with Crippen LogP contribution in [0.3, 0.4) is 0 Å². The van der Waals surface area contributed by atoms with Gasteiger partial charge in [-0.1, -0.05) is 0 Å². The molecule has 0 amide bonds. The van der Waals surface area contributed by atoms with Gasteiger partial charge >= 0.3 is 18.0 Å². The second kappa shape index (κ2) is 5.06. The summed E-state index contributed by atoms with van der Waals surface area (Å²) in [5.74, 6) is -7.22. The van der Waals surface area contributed by atoms with Crippen LogP contribution in [0.2, 0.25) is 0 Å². The van der Waals surface area contributed by atoms with E-state index in [1.807, 2.05) is 0 Å². The Labute approximate surface area is 102 Å². The van der Waals surface area contributed by atoms with Gasteiger partial charge in [0, 0.05) is 0 Å². The molecule has 0 saturated heterocycles. The molecule has 11 heteroatoms. The van der Waals surface area contributed by atoms with Crippen LogP contribution in [0.15, 0.2) is 16.5 Å². The van der Waals surface area contributed by atoms with Crippen LogP contribution < -0.4 is 5.73 Å². The largest absolute Gasteiger partial charge is 0.455 e. The summed E-state index contributed by atoms with van der Waals surface area (Å²) in [7, 11) is 0. The summed E-state index contributed by atoms with van der Waals surface area (Å²) >= 11 is 0. The molecule has 0 saturated carbocycles. The molecule has 0 aromatic carbocycles. The fourth-order valence-corrected chi connectivity index (χ4v) is 0.962. The van der Waals surface area contributed by atoms with Gasteiger partial charge < -0.3 is 10.2 Å². The third-order valence-electron chi connectivity index (χ3n) is 1.87. The first-order valence-electron chi connectivity index (χ1n) is 4.01. The Morgan fingerprint density at radius 2 is 1.78 bits per heavy atom. The molecule has 0 unspecified atom stereocenters. The molecule has 1 heterocycles. The Morgan fingerprint density at radius 1 is 1.28 bits per heavy atom. The van der Waals surface area contributed by atoms with E-state index in [2.05, 4.69) is 10.2 Å². The van der Waals surface area contributed by atoms with Gasteiger partial charge in [0.2, 0.25) is 0 Å². The molecule has 0 aliphatic heterocycles. The molecular formula is C7H6ClF5N2O3. The standard InChI is InChI=1S/C7H5F5N2O3.ClH/c8-6(9,7(10,11)12)5(13)3-1-2-4(17-3)14(15)16;/h1-2,5H,13H2;1H/t5-;/m1./s1. The lowest BCUT2D eigenvalue weighted by Crippen LogP contribution is -2.45. The van der Waals surface area contributed by atoms with Crippen LogP contribution in [0, 0.1) is 10.1 Å². The zero-order valence-corrected chi connectivity index (χ0v) is 9.10. The van der Waals surface area contributed by atoms with Crippen molar-refractivity contribution in [2.45, 2.75) is 18.1 Å². The summed E-state index contributed by atoms with van der Waals surface area (Å²) in [5, 5.41) is 10.1. The minimum Gasteiger partial charge on any atom is -0.404 e. The van der Waals surface area contributed by atoms with Crippen LogP contribution in [0.5, 0.6) is 0 Å². The normalized spacial score (nSPS) is 13.9. The van der Waals surface area contributed by atoms with E-state index >= 15 is 0 Å². The van der Waals surface area contributed by atoms with Crippen molar-refractivity contribution < 1.29 is 31.3 Å². The molecule has 2 N–H and O–H groups in total. The quantitative estimate of drug-likeness (QED) is 0.528. The summed E-state index contributed by atoms with van der Waals surface area (Å²) in [6.45, 7) is 0. The van der Waals surface area contributed by atoms with Gasteiger partial charge in [-0.3, -0.25) is 10.1 Å². The van der Waals surface area contributed by atoms with Crippen LogP contribution in [0.25, 0.3) is 0 Å². The molecule has 104 valence electrons. The van der Waals surface area contributed by atoms with Crippen molar-refractivity contribution in [2.75, 3.05) is 0 Å². The zero-order chi connectivity index (χ0) is 13.4. The number of alkyl halides is 5. The number of halogens is 6. The maximum absolute atomic E-state index is 12.7. The van der Waals surface area contributed by atoms with Crippen molar-refractivity contribution in [1.29, 1.82) is 0 Å². The molecule has 0 fully saturated rings. The van der Waals surface area contributed by atoms with E-state index in [1.54, 1.807) is 0 Å². The van der Waals surface area contributed by atoms with Crippen molar-refractivity contribution >= 4 is 18.3 Å². The van der Waals surface area contributed by atoms with E-state index < -0.39 is 34.7 Å². The number of rotatable bonds is 3. The number of hydrogen-bond acceptors (Lipinski definition) is 4. The molecule has 1 atom stereocenters. The van der Waals surface area contributed by atoms with Crippen molar-refractivity contribution in [2.24, 2.45) is 5.73 Å². The van der Waals surface area contributed by atoms with Crippen LogP contribution in [0.1, 0.15) is 11.8 Å². The number of nitrogens with two attached hydrogens (primary N) is 1. The molecule has 0 aliphatic rings. The first-order chi connectivity index (χ1) is 7.57. The van der Waals surface area contributed by atoms with Gasteiger partial charge in [0.05, 0.1) is 6.07 Å². The summed E-state index contributed by atoms with van der Waals surface area (Å²) in [6.07, 6.45) is -5.87. The molecule has 0 spiro atoms. The number of nitrogens with zero attached hydrogens (tertiary/aromatic N) is 1. The molecular weight excluding hydrogens is 291 g/mol. The first-order valence-corrected chi connectivity index (χ1v) is 4.01. The van der Waals surface area contributed by atoms with Gasteiger partial charge in [-0.25, -0.2) is 0 Å². The molecule has 0 aliphatic carbocycles. The molecule has 0 bridgehead atoms. The number of hydrogen-bond donors (Lipinski definition) is 1. The summed E-state index contributed by atoms with van der Waals surface area (Å²) in [4.78, 5) is 9.06. The van der Waals surface area contributed by atoms with Crippen molar-refractivity contribution in [3.05, 3.63) is 28.0 Å². The molecule has 18 heavy (non-hydrogen) atoms. The fourth-order valence-electron chi connectivity index (χ4n) is 0.962. The monoisotopic (exact) mass is 296 g/mol. The molecule has 5 nitrogen and oxygen atoms in total. The van der Waals surface area contributed by atoms with Crippen LogP contribution >= 0.6 is 12.4 Å². The Balaban J connectivity index is 0.00000289. The van der Waals surface area contributed by atoms with Gasteiger partial charge in [-0.2, -0.15) is 22.0 Å². The van der Waals surface area contributed by atoms with Crippen LogP contribution in [-0.4, -0.2) is 17.0 Å². The lowest BCUT2D eigenvalue weighted by Gasteiger charge is -2.23. The van der Waals surface area contributed by atoms with Gasteiger partial charge in [0.25, 0.3) is 0 Å². The highest BCUT2D eigenvalue weighted by molar-refractivity contribution is 5.85. The van der Waals surface area contributed by atoms with Crippen molar-refractivity contribution in [3.63, 3.8) is 0 Å². The second-order valence-corrected chi connectivity index (χ2v) is 3.03. The predicted octanol–water partition coefficient (Wildman–Crippen LogP) is 2.81. The van der Waals surface area contributed by atoms with Gasteiger partial charge in [-0.05, 0) is 6.07 Å². The number of furan rings is 1. The fraction of sp³-hybridized carbons (Fsp3) is 0.429. The first kappa shape index (κ1) is 16.6. The van der Waals surface area contributed by atoms with Crippen molar-refractivity contribution in [1.82, 2.24) is 0 Å².